The van der Waals surface area contributed by atoms with Crippen molar-refractivity contribution in [1.82, 2.24) is 4.98 Å². The van der Waals surface area contributed by atoms with E-state index in [1.807, 2.05) is 31.2 Å². The molecule has 0 aliphatic heterocycles. The summed E-state index contributed by atoms with van der Waals surface area (Å²) in [7, 11) is 0. The number of para-hydroxylation sites is 1. The van der Waals surface area contributed by atoms with Crippen LogP contribution in [-0.4, -0.2) is 22.7 Å². The summed E-state index contributed by atoms with van der Waals surface area (Å²) in [6, 6.07) is 7.51. The van der Waals surface area contributed by atoms with Crippen LogP contribution in [-0.2, 0) is 11.2 Å². The van der Waals surface area contributed by atoms with Gasteiger partial charge in [0.2, 0.25) is 0 Å². The van der Waals surface area contributed by atoms with Gasteiger partial charge in [-0.2, -0.15) is 0 Å². The number of nitrogens with zero attached hydrogens (tertiary/aromatic N) is 1. The van der Waals surface area contributed by atoms with E-state index in [1.54, 1.807) is 6.20 Å². The third-order valence-electron chi connectivity index (χ3n) is 2.56. The molecule has 1 N–H and O–H groups in total. The quantitative estimate of drug-likeness (QED) is 0.865. The monoisotopic (exact) mass is 261 g/mol. The fourth-order valence-corrected chi connectivity index (χ4v) is 1.72. The molecule has 0 unspecified atom stereocenters. The Morgan fingerprint density at radius 2 is 2.21 bits per heavy atom. The van der Waals surface area contributed by atoms with Gasteiger partial charge in [-0.25, -0.2) is 4.98 Å². The molecule has 0 bridgehead atoms. The predicted octanol–water partition coefficient (Wildman–Crippen LogP) is 2.76. The summed E-state index contributed by atoms with van der Waals surface area (Å²) in [4.78, 5) is 14.6. The minimum Gasteiger partial charge on any atom is -0.493 e. The van der Waals surface area contributed by atoms with Gasteiger partial charge in [0.05, 0.1) is 24.8 Å². The number of rotatable bonds is 6. The molecule has 19 heavy (non-hydrogen) atoms. The van der Waals surface area contributed by atoms with Crippen LogP contribution < -0.4 is 4.74 Å². The smallest absolute Gasteiger partial charge is 0.303 e. The van der Waals surface area contributed by atoms with E-state index in [-0.39, 0.29) is 12.8 Å². The van der Waals surface area contributed by atoms with Crippen LogP contribution in [0.4, 0.5) is 0 Å². The average Bonchev–Trinajstić information content (AvgIpc) is 2.86. The zero-order valence-corrected chi connectivity index (χ0v) is 10.6. The molecule has 5 heteroatoms. The predicted molar refractivity (Wildman–Crippen MR) is 69.1 cm³/mol. The van der Waals surface area contributed by atoms with Gasteiger partial charge in [-0.1, -0.05) is 12.1 Å². The van der Waals surface area contributed by atoms with Gasteiger partial charge in [-0.15, -0.1) is 0 Å². The summed E-state index contributed by atoms with van der Waals surface area (Å²) in [6.07, 6.45) is 1.88. The topological polar surface area (TPSA) is 72.6 Å². The zero-order valence-electron chi connectivity index (χ0n) is 10.6. The van der Waals surface area contributed by atoms with Gasteiger partial charge in [-0.3, -0.25) is 4.79 Å². The van der Waals surface area contributed by atoms with E-state index in [0.717, 1.165) is 11.3 Å². The molecule has 0 radical (unpaired) electrons. The molecular weight excluding hydrogens is 246 g/mol. The number of aromatic nitrogens is 1. The van der Waals surface area contributed by atoms with Crippen LogP contribution in [0.25, 0.3) is 11.3 Å². The van der Waals surface area contributed by atoms with E-state index in [2.05, 4.69) is 4.98 Å². The fraction of sp³-hybridized carbons (Fsp3) is 0.286. The third-order valence-corrected chi connectivity index (χ3v) is 2.56. The molecule has 0 amide bonds. The fourth-order valence-electron chi connectivity index (χ4n) is 1.72. The van der Waals surface area contributed by atoms with Gasteiger partial charge in [0.1, 0.15) is 5.75 Å². The van der Waals surface area contributed by atoms with Crippen LogP contribution in [0.2, 0.25) is 0 Å². The zero-order chi connectivity index (χ0) is 13.7. The Balaban J connectivity index is 2.20. The van der Waals surface area contributed by atoms with Crippen molar-refractivity contribution in [2.24, 2.45) is 0 Å². The lowest BCUT2D eigenvalue weighted by Gasteiger charge is -2.06. The third kappa shape index (κ3) is 3.34. The van der Waals surface area contributed by atoms with Crippen molar-refractivity contribution in [3.05, 3.63) is 36.4 Å². The normalized spacial score (nSPS) is 10.4. The number of oxazole rings is 1. The van der Waals surface area contributed by atoms with Crippen molar-refractivity contribution in [3.8, 4) is 17.1 Å². The summed E-state index contributed by atoms with van der Waals surface area (Å²) >= 11 is 0. The molecule has 1 heterocycles. The first-order chi connectivity index (χ1) is 9.20. The van der Waals surface area contributed by atoms with Crippen LogP contribution in [0.15, 0.2) is 34.9 Å². The highest BCUT2D eigenvalue weighted by molar-refractivity contribution is 5.67. The Morgan fingerprint density at radius 3 is 2.95 bits per heavy atom. The van der Waals surface area contributed by atoms with Crippen LogP contribution in [0.3, 0.4) is 0 Å². The Kier molecular flexibility index (Phi) is 4.18. The average molecular weight is 261 g/mol. The molecule has 100 valence electrons. The molecule has 1 aromatic carbocycles. The van der Waals surface area contributed by atoms with E-state index in [9.17, 15) is 4.79 Å². The van der Waals surface area contributed by atoms with Gasteiger partial charge in [0.25, 0.3) is 0 Å². The number of benzene rings is 1. The number of hydrogen-bond acceptors (Lipinski definition) is 4. The first-order valence-corrected chi connectivity index (χ1v) is 6.09. The molecule has 0 fully saturated rings. The molecule has 0 saturated heterocycles. The number of aryl methyl sites for hydroxylation is 1. The lowest BCUT2D eigenvalue weighted by molar-refractivity contribution is -0.137. The van der Waals surface area contributed by atoms with E-state index < -0.39 is 5.97 Å². The maximum atomic E-state index is 10.5. The van der Waals surface area contributed by atoms with E-state index >= 15 is 0 Å². The second-order valence-electron chi connectivity index (χ2n) is 3.94. The molecule has 0 aliphatic carbocycles. The van der Waals surface area contributed by atoms with Gasteiger partial charge in [-0.05, 0) is 19.1 Å². The number of ether oxygens (including phenoxy) is 1. The highest BCUT2D eigenvalue weighted by atomic mass is 16.5. The second-order valence-corrected chi connectivity index (χ2v) is 3.94. The van der Waals surface area contributed by atoms with E-state index in [4.69, 9.17) is 14.3 Å². The van der Waals surface area contributed by atoms with E-state index in [1.165, 1.54) is 0 Å². The molecule has 0 saturated carbocycles. The number of hydrogen-bond donors (Lipinski definition) is 1. The van der Waals surface area contributed by atoms with Gasteiger partial charge in [0, 0.05) is 6.42 Å². The SMILES string of the molecule is CCOc1ccccc1-c1cnc(CCC(=O)O)o1. The Morgan fingerprint density at radius 1 is 1.42 bits per heavy atom. The minimum atomic E-state index is -0.866. The van der Waals surface area contributed by atoms with Crippen molar-refractivity contribution >= 4 is 5.97 Å². The van der Waals surface area contributed by atoms with Gasteiger partial charge >= 0.3 is 5.97 Å². The number of carboxylic acids is 1. The van der Waals surface area contributed by atoms with Crippen LogP contribution in [0.5, 0.6) is 5.75 Å². The first kappa shape index (κ1) is 13.1. The van der Waals surface area contributed by atoms with Crippen molar-refractivity contribution in [3.63, 3.8) is 0 Å². The van der Waals surface area contributed by atoms with Crippen LogP contribution in [0.1, 0.15) is 19.2 Å². The largest absolute Gasteiger partial charge is 0.493 e. The van der Waals surface area contributed by atoms with Crippen molar-refractivity contribution in [2.75, 3.05) is 6.61 Å². The highest BCUT2D eigenvalue weighted by Gasteiger charge is 2.11. The standard InChI is InChI=1S/C14H15NO4/c1-2-18-11-6-4-3-5-10(11)12-9-15-13(19-12)7-8-14(16)17/h3-6,9H,2,7-8H2,1H3,(H,16,17). The molecule has 0 atom stereocenters. The van der Waals surface area contributed by atoms with Crippen molar-refractivity contribution < 1.29 is 19.1 Å². The highest BCUT2D eigenvalue weighted by Crippen LogP contribution is 2.30. The van der Waals surface area contributed by atoms with Crippen molar-refractivity contribution in [1.29, 1.82) is 0 Å². The van der Waals surface area contributed by atoms with E-state index in [0.29, 0.717) is 18.3 Å². The molecule has 0 aliphatic rings. The number of carboxylic acid groups (broad SMARTS) is 1. The maximum Gasteiger partial charge on any atom is 0.303 e. The summed E-state index contributed by atoms with van der Waals surface area (Å²) in [6.45, 7) is 2.48. The molecule has 2 aromatic rings. The lowest BCUT2D eigenvalue weighted by atomic mass is 10.1. The van der Waals surface area contributed by atoms with Gasteiger partial charge < -0.3 is 14.3 Å². The lowest BCUT2D eigenvalue weighted by Crippen LogP contribution is -1.97. The first-order valence-electron chi connectivity index (χ1n) is 6.09. The minimum absolute atomic E-state index is 0.00700. The Bertz CT molecular complexity index is 562. The summed E-state index contributed by atoms with van der Waals surface area (Å²) in [5.74, 6) is 0.869. The molecule has 5 nitrogen and oxygen atoms in total. The van der Waals surface area contributed by atoms with Crippen molar-refractivity contribution in [2.45, 2.75) is 19.8 Å². The number of carbonyl (C=O) groups is 1. The number of aliphatic carboxylic acids is 1. The van der Waals surface area contributed by atoms with Crippen LogP contribution in [0, 0.1) is 0 Å². The Hall–Kier alpha value is -2.30. The summed E-state index contributed by atoms with van der Waals surface area (Å²) < 4.78 is 11.1. The van der Waals surface area contributed by atoms with Crippen LogP contribution >= 0.6 is 0 Å². The second kappa shape index (κ2) is 6.04. The Labute approximate surface area is 110 Å². The van der Waals surface area contributed by atoms with Gasteiger partial charge in [0.15, 0.2) is 11.7 Å². The molecule has 1 aromatic heterocycles. The summed E-state index contributed by atoms with van der Waals surface area (Å²) in [5.41, 5.74) is 0.818. The molecule has 0 spiro atoms. The molecular formula is C14H15NO4. The summed E-state index contributed by atoms with van der Waals surface area (Å²) in [5, 5.41) is 8.62. The molecule has 2 rings (SSSR count). The maximum absolute atomic E-state index is 10.5.